The number of halogens is 2. The van der Waals surface area contributed by atoms with Gasteiger partial charge in [-0.25, -0.2) is 0 Å². The first kappa shape index (κ1) is 17.1. The van der Waals surface area contributed by atoms with Gasteiger partial charge in [0.05, 0.1) is 0 Å². The predicted octanol–water partition coefficient (Wildman–Crippen LogP) is 3.42. The van der Waals surface area contributed by atoms with Crippen molar-refractivity contribution in [2.24, 2.45) is 0 Å². The number of ether oxygens (including phenoxy) is 1. The quantitative estimate of drug-likeness (QED) is 0.810. The first-order valence-electron chi connectivity index (χ1n) is 7.77. The number of rotatable bonds is 5. The average Bonchev–Trinajstić information content (AvgIpc) is 3.03. The van der Waals surface area contributed by atoms with E-state index in [1.54, 1.807) is 17.0 Å². The fourth-order valence-corrected chi connectivity index (χ4v) is 2.86. The SMILES string of the molecule is O=C(c1ccc(Cl)o1)N1CCN(CCOc2ccc(Cl)cc2)CC1. The maximum absolute atomic E-state index is 12.3. The van der Waals surface area contributed by atoms with E-state index in [-0.39, 0.29) is 11.1 Å². The highest BCUT2D eigenvalue weighted by Gasteiger charge is 2.24. The zero-order chi connectivity index (χ0) is 16.9. The van der Waals surface area contributed by atoms with Crippen LogP contribution in [-0.2, 0) is 0 Å². The minimum atomic E-state index is -0.112. The van der Waals surface area contributed by atoms with Crippen LogP contribution in [0, 0.1) is 0 Å². The van der Waals surface area contributed by atoms with Crippen LogP contribution in [0.1, 0.15) is 10.6 Å². The van der Waals surface area contributed by atoms with Gasteiger partial charge in [0.25, 0.3) is 5.91 Å². The molecule has 1 aromatic carbocycles. The Hall–Kier alpha value is -1.69. The molecule has 2 heterocycles. The van der Waals surface area contributed by atoms with Crippen molar-refractivity contribution in [1.29, 1.82) is 0 Å². The van der Waals surface area contributed by atoms with E-state index in [0.29, 0.717) is 30.5 Å². The summed E-state index contributed by atoms with van der Waals surface area (Å²) in [6, 6.07) is 10.5. The molecule has 1 saturated heterocycles. The molecule has 1 aromatic heterocycles. The number of hydrogen-bond donors (Lipinski definition) is 0. The summed E-state index contributed by atoms with van der Waals surface area (Å²) >= 11 is 11.6. The van der Waals surface area contributed by atoms with Crippen LogP contribution in [0.2, 0.25) is 10.2 Å². The summed E-state index contributed by atoms with van der Waals surface area (Å²) in [5.74, 6) is 0.987. The summed E-state index contributed by atoms with van der Waals surface area (Å²) < 4.78 is 10.9. The van der Waals surface area contributed by atoms with Crippen LogP contribution in [0.15, 0.2) is 40.8 Å². The molecule has 0 saturated carbocycles. The second-order valence-corrected chi connectivity index (χ2v) is 6.35. The molecule has 0 atom stereocenters. The van der Waals surface area contributed by atoms with Crippen molar-refractivity contribution in [2.45, 2.75) is 0 Å². The third-order valence-electron chi connectivity index (χ3n) is 3.93. The Labute approximate surface area is 150 Å². The summed E-state index contributed by atoms with van der Waals surface area (Å²) in [5, 5.41) is 0.928. The molecule has 128 valence electrons. The molecule has 5 nitrogen and oxygen atoms in total. The van der Waals surface area contributed by atoms with Gasteiger partial charge in [-0.15, -0.1) is 0 Å². The van der Waals surface area contributed by atoms with Gasteiger partial charge in [0, 0.05) is 37.7 Å². The smallest absolute Gasteiger partial charge is 0.289 e. The van der Waals surface area contributed by atoms with Gasteiger partial charge in [0.1, 0.15) is 12.4 Å². The molecule has 7 heteroatoms. The Balaban J connectivity index is 1.40. The van der Waals surface area contributed by atoms with E-state index in [9.17, 15) is 4.79 Å². The lowest BCUT2D eigenvalue weighted by atomic mass is 10.3. The highest BCUT2D eigenvalue weighted by molar-refractivity contribution is 6.30. The Morgan fingerprint density at radius 2 is 1.75 bits per heavy atom. The van der Waals surface area contributed by atoms with Crippen molar-refractivity contribution in [3.63, 3.8) is 0 Å². The van der Waals surface area contributed by atoms with Crippen LogP contribution in [0.3, 0.4) is 0 Å². The van der Waals surface area contributed by atoms with Gasteiger partial charge in [0.15, 0.2) is 11.0 Å². The summed E-state index contributed by atoms with van der Waals surface area (Å²) in [7, 11) is 0. The first-order chi connectivity index (χ1) is 11.6. The van der Waals surface area contributed by atoms with Gasteiger partial charge in [-0.2, -0.15) is 0 Å². The van der Waals surface area contributed by atoms with Gasteiger partial charge < -0.3 is 14.1 Å². The van der Waals surface area contributed by atoms with Crippen molar-refractivity contribution in [2.75, 3.05) is 39.3 Å². The number of piperazine rings is 1. The number of carbonyl (C=O) groups is 1. The van der Waals surface area contributed by atoms with E-state index in [2.05, 4.69) is 4.90 Å². The molecule has 0 bridgehead atoms. The van der Waals surface area contributed by atoms with Crippen molar-refractivity contribution in [3.05, 3.63) is 52.4 Å². The zero-order valence-electron chi connectivity index (χ0n) is 13.1. The number of carbonyl (C=O) groups excluding carboxylic acids is 1. The zero-order valence-corrected chi connectivity index (χ0v) is 14.6. The number of hydrogen-bond acceptors (Lipinski definition) is 4. The molecule has 2 aromatic rings. The van der Waals surface area contributed by atoms with Crippen LogP contribution in [-0.4, -0.2) is 55.0 Å². The lowest BCUT2D eigenvalue weighted by molar-refractivity contribution is 0.0590. The molecule has 0 N–H and O–H groups in total. The lowest BCUT2D eigenvalue weighted by Gasteiger charge is -2.34. The van der Waals surface area contributed by atoms with Crippen molar-refractivity contribution >= 4 is 29.1 Å². The average molecular weight is 369 g/mol. The molecule has 1 fully saturated rings. The van der Waals surface area contributed by atoms with Crippen molar-refractivity contribution < 1.29 is 13.9 Å². The standard InChI is InChI=1S/C17H18Cl2N2O3/c18-13-1-3-14(4-2-13)23-12-11-20-7-9-21(10-8-20)17(22)15-5-6-16(19)24-15/h1-6H,7-12H2. The molecular formula is C17H18Cl2N2O3. The van der Waals surface area contributed by atoms with Gasteiger partial charge in [0.2, 0.25) is 0 Å². The molecule has 0 radical (unpaired) electrons. The molecule has 1 amide bonds. The molecular weight excluding hydrogens is 351 g/mol. The summed E-state index contributed by atoms with van der Waals surface area (Å²) in [6.07, 6.45) is 0. The number of benzene rings is 1. The molecule has 0 unspecified atom stereocenters. The number of amides is 1. The fourth-order valence-electron chi connectivity index (χ4n) is 2.58. The maximum Gasteiger partial charge on any atom is 0.289 e. The number of furan rings is 1. The van der Waals surface area contributed by atoms with Crippen LogP contribution >= 0.6 is 23.2 Å². The van der Waals surface area contributed by atoms with Gasteiger partial charge in [-0.05, 0) is 48.0 Å². The van der Waals surface area contributed by atoms with E-state index in [1.165, 1.54) is 0 Å². The monoisotopic (exact) mass is 368 g/mol. The van der Waals surface area contributed by atoms with Gasteiger partial charge >= 0.3 is 0 Å². The highest BCUT2D eigenvalue weighted by Crippen LogP contribution is 2.17. The molecule has 0 aliphatic carbocycles. The highest BCUT2D eigenvalue weighted by atomic mass is 35.5. The summed E-state index contributed by atoms with van der Waals surface area (Å²) in [4.78, 5) is 16.3. The van der Waals surface area contributed by atoms with E-state index < -0.39 is 0 Å². The number of nitrogens with zero attached hydrogens (tertiary/aromatic N) is 2. The Kier molecular flexibility index (Phi) is 5.66. The van der Waals surface area contributed by atoms with Crippen LogP contribution < -0.4 is 4.74 Å². The van der Waals surface area contributed by atoms with E-state index in [0.717, 1.165) is 25.4 Å². The third kappa shape index (κ3) is 4.44. The van der Waals surface area contributed by atoms with Crippen LogP contribution in [0.5, 0.6) is 5.75 Å². The predicted molar refractivity (Wildman–Crippen MR) is 93.0 cm³/mol. The Bertz CT molecular complexity index is 679. The van der Waals surface area contributed by atoms with E-state index >= 15 is 0 Å². The second-order valence-electron chi connectivity index (χ2n) is 5.54. The van der Waals surface area contributed by atoms with Gasteiger partial charge in [-0.1, -0.05) is 11.6 Å². The molecule has 1 aliphatic heterocycles. The normalized spacial score (nSPS) is 15.5. The largest absolute Gasteiger partial charge is 0.492 e. The van der Waals surface area contributed by atoms with E-state index in [4.69, 9.17) is 32.4 Å². The third-order valence-corrected chi connectivity index (χ3v) is 4.39. The summed E-state index contributed by atoms with van der Waals surface area (Å²) in [6.45, 7) is 4.37. The Morgan fingerprint density at radius 1 is 1.04 bits per heavy atom. The van der Waals surface area contributed by atoms with Crippen LogP contribution in [0.25, 0.3) is 0 Å². The molecule has 3 rings (SSSR count). The van der Waals surface area contributed by atoms with E-state index in [1.807, 2.05) is 24.3 Å². The van der Waals surface area contributed by atoms with Crippen molar-refractivity contribution in [1.82, 2.24) is 9.80 Å². The topological polar surface area (TPSA) is 45.9 Å². The lowest BCUT2D eigenvalue weighted by Crippen LogP contribution is -2.49. The molecule has 0 spiro atoms. The van der Waals surface area contributed by atoms with Gasteiger partial charge in [-0.3, -0.25) is 9.69 Å². The maximum atomic E-state index is 12.3. The minimum absolute atomic E-state index is 0.112. The summed E-state index contributed by atoms with van der Waals surface area (Å²) in [5.41, 5.74) is 0. The Morgan fingerprint density at radius 3 is 2.38 bits per heavy atom. The second kappa shape index (κ2) is 7.92. The molecule has 24 heavy (non-hydrogen) atoms. The molecule has 1 aliphatic rings. The first-order valence-corrected chi connectivity index (χ1v) is 8.53. The van der Waals surface area contributed by atoms with Crippen molar-refractivity contribution in [3.8, 4) is 5.75 Å². The van der Waals surface area contributed by atoms with Crippen LogP contribution in [0.4, 0.5) is 0 Å². The fraction of sp³-hybridized carbons (Fsp3) is 0.353. The minimum Gasteiger partial charge on any atom is -0.492 e.